The van der Waals surface area contributed by atoms with Crippen molar-refractivity contribution in [1.29, 1.82) is 0 Å². The van der Waals surface area contributed by atoms with Crippen molar-refractivity contribution in [1.82, 2.24) is 9.29 Å². The SMILES string of the molecule is O=C(O)[C@@H]1CCCN1S(=O)(=O)c1ccc2ncsc2c1. The summed E-state index contributed by atoms with van der Waals surface area (Å²) in [5.41, 5.74) is 2.39. The number of hydrogen-bond donors (Lipinski definition) is 1. The number of fused-ring (bicyclic) bond motifs is 1. The van der Waals surface area contributed by atoms with Crippen LogP contribution in [0.25, 0.3) is 10.2 Å². The number of aliphatic carboxylic acids is 1. The number of hydrogen-bond acceptors (Lipinski definition) is 5. The van der Waals surface area contributed by atoms with Crippen LogP contribution in [0.2, 0.25) is 0 Å². The minimum Gasteiger partial charge on any atom is -0.480 e. The first-order valence-electron chi connectivity index (χ1n) is 6.08. The summed E-state index contributed by atoms with van der Waals surface area (Å²) >= 11 is 1.36. The van der Waals surface area contributed by atoms with Gasteiger partial charge in [-0.1, -0.05) is 0 Å². The maximum absolute atomic E-state index is 12.6. The molecule has 106 valence electrons. The highest BCUT2D eigenvalue weighted by molar-refractivity contribution is 7.89. The van der Waals surface area contributed by atoms with Crippen molar-refractivity contribution in [3.63, 3.8) is 0 Å². The second-order valence-corrected chi connectivity index (χ2v) is 7.37. The number of carboxylic acids is 1. The van der Waals surface area contributed by atoms with Crippen LogP contribution < -0.4 is 0 Å². The smallest absolute Gasteiger partial charge is 0.322 e. The number of sulfonamides is 1. The van der Waals surface area contributed by atoms with Crippen LogP contribution in [0.15, 0.2) is 28.6 Å². The Morgan fingerprint density at radius 1 is 1.45 bits per heavy atom. The molecular weight excluding hydrogens is 300 g/mol. The predicted molar refractivity (Wildman–Crippen MR) is 74.2 cm³/mol. The van der Waals surface area contributed by atoms with Crippen molar-refractivity contribution in [2.75, 3.05) is 6.54 Å². The monoisotopic (exact) mass is 312 g/mol. The Morgan fingerprint density at radius 2 is 2.25 bits per heavy atom. The largest absolute Gasteiger partial charge is 0.480 e. The maximum atomic E-state index is 12.6. The zero-order chi connectivity index (χ0) is 14.3. The van der Waals surface area contributed by atoms with Crippen molar-refractivity contribution < 1.29 is 18.3 Å². The third-order valence-electron chi connectivity index (χ3n) is 3.40. The molecule has 0 spiro atoms. The predicted octanol–water partition coefficient (Wildman–Crippen LogP) is 1.53. The van der Waals surface area contributed by atoms with Gasteiger partial charge in [0.25, 0.3) is 0 Å². The van der Waals surface area contributed by atoms with E-state index in [-0.39, 0.29) is 11.4 Å². The first kappa shape index (κ1) is 13.5. The average molecular weight is 312 g/mol. The summed E-state index contributed by atoms with van der Waals surface area (Å²) in [6.45, 7) is 0.250. The van der Waals surface area contributed by atoms with Gasteiger partial charge in [0.15, 0.2) is 0 Å². The summed E-state index contributed by atoms with van der Waals surface area (Å²) in [5, 5.41) is 9.12. The molecule has 1 aliphatic heterocycles. The Kier molecular flexibility index (Phi) is 3.23. The number of aromatic nitrogens is 1. The fourth-order valence-corrected chi connectivity index (χ4v) is 4.87. The van der Waals surface area contributed by atoms with Crippen LogP contribution in [-0.2, 0) is 14.8 Å². The van der Waals surface area contributed by atoms with Crippen molar-refractivity contribution in [2.24, 2.45) is 0 Å². The van der Waals surface area contributed by atoms with Crippen LogP contribution in [0.3, 0.4) is 0 Å². The molecule has 3 rings (SSSR count). The molecule has 1 atom stereocenters. The normalized spacial score (nSPS) is 20.5. The van der Waals surface area contributed by atoms with E-state index < -0.39 is 22.0 Å². The van der Waals surface area contributed by atoms with Gasteiger partial charge in [0.1, 0.15) is 6.04 Å². The van der Waals surface area contributed by atoms with E-state index in [0.29, 0.717) is 12.8 Å². The van der Waals surface area contributed by atoms with Crippen LogP contribution >= 0.6 is 11.3 Å². The van der Waals surface area contributed by atoms with E-state index in [1.165, 1.54) is 17.4 Å². The summed E-state index contributed by atoms with van der Waals surface area (Å²) < 4.78 is 27.0. The Morgan fingerprint density at radius 3 is 3.00 bits per heavy atom. The van der Waals surface area contributed by atoms with Gasteiger partial charge in [0.05, 0.1) is 20.6 Å². The molecule has 6 nitrogen and oxygen atoms in total. The summed E-state index contributed by atoms with van der Waals surface area (Å²) in [6.07, 6.45) is 0.927. The summed E-state index contributed by atoms with van der Waals surface area (Å²) in [5.74, 6) is -1.09. The zero-order valence-corrected chi connectivity index (χ0v) is 12.0. The Balaban J connectivity index is 2.04. The first-order valence-corrected chi connectivity index (χ1v) is 8.40. The van der Waals surface area contributed by atoms with Crippen LogP contribution in [-0.4, -0.2) is 41.4 Å². The molecule has 0 bridgehead atoms. The van der Waals surface area contributed by atoms with Crippen LogP contribution in [0.1, 0.15) is 12.8 Å². The van der Waals surface area contributed by atoms with E-state index in [2.05, 4.69) is 4.98 Å². The molecule has 0 radical (unpaired) electrons. The van der Waals surface area contributed by atoms with Gasteiger partial charge in [-0.05, 0) is 31.0 Å². The van der Waals surface area contributed by atoms with E-state index in [9.17, 15) is 13.2 Å². The van der Waals surface area contributed by atoms with Gasteiger partial charge in [-0.25, -0.2) is 13.4 Å². The highest BCUT2D eigenvalue weighted by Crippen LogP contribution is 2.28. The van der Waals surface area contributed by atoms with Gasteiger partial charge < -0.3 is 5.11 Å². The zero-order valence-electron chi connectivity index (χ0n) is 10.4. The molecule has 2 heterocycles. The van der Waals surface area contributed by atoms with Gasteiger partial charge in [-0.15, -0.1) is 11.3 Å². The van der Waals surface area contributed by atoms with Crippen LogP contribution in [0.5, 0.6) is 0 Å². The standard InChI is InChI=1S/C12H12N2O4S2/c15-12(16)10-2-1-5-14(10)20(17,18)8-3-4-9-11(6-8)19-7-13-9/h3-4,6-7,10H,1-2,5H2,(H,15,16)/t10-/m0/s1. The third-order valence-corrected chi connectivity index (χ3v) is 6.09. The second-order valence-electron chi connectivity index (χ2n) is 4.59. The molecule has 1 N–H and O–H groups in total. The molecule has 20 heavy (non-hydrogen) atoms. The van der Waals surface area contributed by atoms with Crippen LogP contribution in [0.4, 0.5) is 0 Å². The van der Waals surface area contributed by atoms with E-state index in [1.54, 1.807) is 17.6 Å². The molecule has 1 saturated heterocycles. The minimum atomic E-state index is -3.77. The fraction of sp³-hybridized carbons (Fsp3) is 0.333. The molecule has 0 aliphatic carbocycles. The van der Waals surface area contributed by atoms with Gasteiger partial charge in [0.2, 0.25) is 10.0 Å². The molecule has 0 amide bonds. The molecule has 1 aliphatic rings. The Labute approximate surface area is 119 Å². The lowest BCUT2D eigenvalue weighted by molar-refractivity contribution is -0.140. The van der Waals surface area contributed by atoms with Gasteiger partial charge in [0, 0.05) is 6.54 Å². The molecule has 0 unspecified atom stereocenters. The minimum absolute atomic E-state index is 0.127. The number of rotatable bonds is 3. The molecule has 8 heteroatoms. The van der Waals surface area contributed by atoms with E-state index in [4.69, 9.17) is 5.11 Å². The quantitative estimate of drug-likeness (QED) is 0.928. The summed E-state index contributed by atoms with van der Waals surface area (Å²) in [6, 6.07) is 3.72. The Hall–Kier alpha value is -1.51. The highest BCUT2D eigenvalue weighted by Gasteiger charge is 2.39. The lowest BCUT2D eigenvalue weighted by Gasteiger charge is -2.20. The molecule has 1 aromatic heterocycles. The van der Waals surface area contributed by atoms with Gasteiger partial charge in [-0.2, -0.15) is 4.31 Å². The average Bonchev–Trinajstić information content (AvgIpc) is 3.06. The first-order chi connectivity index (χ1) is 9.50. The summed E-state index contributed by atoms with van der Waals surface area (Å²) in [7, 11) is -3.77. The molecule has 2 aromatic rings. The van der Waals surface area contributed by atoms with Crippen molar-refractivity contribution in [2.45, 2.75) is 23.8 Å². The summed E-state index contributed by atoms with van der Waals surface area (Å²) in [4.78, 5) is 15.4. The lowest BCUT2D eigenvalue weighted by atomic mass is 10.2. The highest BCUT2D eigenvalue weighted by atomic mass is 32.2. The van der Waals surface area contributed by atoms with E-state index in [1.807, 2.05) is 0 Å². The number of carboxylic acid groups (broad SMARTS) is 1. The fourth-order valence-electron chi connectivity index (χ4n) is 2.41. The Bertz CT molecular complexity index is 769. The number of benzene rings is 1. The molecular formula is C12H12N2O4S2. The van der Waals surface area contributed by atoms with Gasteiger partial charge in [-0.3, -0.25) is 4.79 Å². The molecule has 0 saturated carbocycles. The maximum Gasteiger partial charge on any atom is 0.322 e. The van der Waals surface area contributed by atoms with Crippen molar-refractivity contribution >= 4 is 37.5 Å². The topological polar surface area (TPSA) is 87.6 Å². The van der Waals surface area contributed by atoms with Crippen LogP contribution in [0, 0.1) is 0 Å². The van der Waals surface area contributed by atoms with Crippen molar-refractivity contribution in [3.8, 4) is 0 Å². The number of nitrogens with zero attached hydrogens (tertiary/aromatic N) is 2. The molecule has 1 aromatic carbocycles. The number of carbonyl (C=O) groups is 1. The van der Waals surface area contributed by atoms with E-state index in [0.717, 1.165) is 14.5 Å². The number of thiazole rings is 1. The third kappa shape index (κ3) is 2.09. The van der Waals surface area contributed by atoms with E-state index >= 15 is 0 Å². The molecule has 1 fully saturated rings. The van der Waals surface area contributed by atoms with Gasteiger partial charge >= 0.3 is 5.97 Å². The second kappa shape index (κ2) is 4.80. The van der Waals surface area contributed by atoms with Crippen molar-refractivity contribution in [3.05, 3.63) is 23.7 Å². The lowest BCUT2D eigenvalue weighted by Crippen LogP contribution is -2.40.